The molecule has 0 radical (unpaired) electrons. The highest BCUT2D eigenvalue weighted by atomic mass is 16.5. The summed E-state index contributed by atoms with van der Waals surface area (Å²) in [6, 6.07) is 0.379. The molecule has 2 fully saturated rings. The zero-order chi connectivity index (χ0) is 12.1. The largest absolute Gasteiger partial charge is 0.401 e. The SMILES string of the molecule is N/C(=C\N(N)C1CCOCC1)C1CCNCC1. The van der Waals surface area contributed by atoms with Gasteiger partial charge in [-0.3, -0.25) is 0 Å². The molecular formula is C12H24N4O. The molecule has 0 aromatic heterocycles. The zero-order valence-corrected chi connectivity index (χ0v) is 10.4. The Bertz CT molecular complexity index is 257. The van der Waals surface area contributed by atoms with Crippen LogP contribution in [0, 0.1) is 5.92 Å². The Kier molecular flexibility index (Phi) is 4.65. The van der Waals surface area contributed by atoms with Crippen molar-refractivity contribution in [1.82, 2.24) is 10.3 Å². The summed E-state index contributed by atoms with van der Waals surface area (Å²) in [5.74, 6) is 6.55. The van der Waals surface area contributed by atoms with Crippen LogP contribution in [0.15, 0.2) is 11.9 Å². The van der Waals surface area contributed by atoms with E-state index in [0.29, 0.717) is 12.0 Å². The first-order valence-electron chi connectivity index (χ1n) is 6.56. The summed E-state index contributed by atoms with van der Waals surface area (Å²) in [7, 11) is 0. The van der Waals surface area contributed by atoms with Crippen LogP contribution in [0.1, 0.15) is 25.7 Å². The smallest absolute Gasteiger partial charge is 0.0490 e. The van der Waals surface area contributed by atoms with E-state index >= 15 is 0 Å². The molecule has 2 aliphatic rings. The van der Waals surface area contributed by atoms with Crippen molar-refractivity contribution in [3.63, 3.8) is 0 Å². The Labute approximate surface area is 103 Å². The number of rotatable bonds is 3. The van der Waals surface area contributed by atoms with Crippen molar-refractivity contribution in [3.8, 4) is 0 Å². The standard InChI is InChI=1S/C12H24N4O/c13-12(10-1-5-15-6-2-10)9-16(14)11-3-7-17-8-4-11/h9-11,15H,1-8,13-14H2/b12-9-. The highest BCUT2D eigenvalue weighted by Crippen LogP contribution is 2.19. The minimum atomic E-state index is 0.379. The first kappa shape index (κ1) is 12.7. The third-order valence-electron chi connectivity index (χ3n) is 3.72. The molecule has 5 nitrogen and oxygen atoms in total. The summed E-state index contributed by atoms with van der Waals surface area (Å²) in [4.78, 5) is 0. The topological polar surface area (TPSA) is 76.5 Å². The second-order valence-corrected chi connectivity index (χ2v) is 4.94. The van der Waals surface area contributed by atoms with E-state index in [-0.39, 0.29) is 0 Å². The van der Waals surface area contributed by atoms with Gasteiger partial charge in [0.2, 0.25) is 0 Å². The normalized spacial score (nSPS) is 24.9. The molecule has 2 saturated heterocycles. The van der Waals surface area contributed by atoms with Crippen molar-refractivity contribution < 1.29 is 4.74 Å². The van der Waals surface area contributed by atoms with Crippen molar-refractivity contribution in [2.45, 2.75) is 31.7 Å². The van der Waals surface area contributed by atoms with Gasteiger partial charge in [-0.1, -0.05) is 0 Å². The third-order valence-corrected chi connectivity index (χ3v) is 3.72. The second kappa shape index (κ2) is 6.23. The fraction of sp³-hybridized carbons (Fsp3) is 0.833. The van der Waals surface area contributed by atoms with E-state index in [1.807, 2.05) is 6.20 Å². The molecule has 0 amide bonds. The van der Waals surface area contributed by atoms with Gasteiger partial charge in [-0.2, -0.15) is 0 Å². The fourth-order valence-electron chi connectivity index (χ4n) is 2.52. The first-order chi connectivity index (χ1) is 8.27. The summed E-state index contributed by atoms with van der Waals surface area (Å²) in [6.07, 6.45) is 6.15. The molecule has 98 valence electrons. The van der Waals surface area contributed by atoms with Crippen LogP contribution >= 0.6 is 0 Å². The number of nitrogens with two attached hydrogens (primary N) is 2. The first-order valence-corrected chi connectivity index (χ1v) is 6.56. The molecule has 5 heteroatoms. The van der Waals surface area contributed by atoms with Gasteiger partial charge >= 0.3 is 0 Å². The maximum Gasteiger partial charge on any atom is 0.0490 e. The van der Waals surface area contributed by atoms with Gasteiger partial charge in [0.1, 0.15) is 0 Å². The average Bonchev–Trinajstić information content (AvgIpc) is 2.40. The number of nitrogens with zero attached hydrogens (tertiary/aromatic N) is 1. The van der Waals surface area contributed by atoms with Crippen LogP contribution in [-0.2, 0) is 4.74 Å². The summed E-state index contributed by atoms with van der Waals surface area (Å²) >= 11 is 0. The maximum absolute atomic E-state index is 6.14. The van der Waals surface area contributed by atoms with E-state index in [1.54, 1.807) is 5.01 Å². The number of hydrogen-bond acceptors (Lipinski definition) is 5. The minimum absolute atomic E-state index is 0.379. The molecule has 5 N–H and O–H groups in total. The van der Waals surface area contributed by atoms with Gasteiger partial charge in [0, 0.05) is 37.1 Å². The maximum atomic E-state index is 6.14. The van der Waals surface area contributed by atoms with Crippen LogP contribution in [0.25, 0.3) is 0 Å². The number of hydrazine groups is 1. The van der Waals surface area contributed by atoms with E-state index in [2.05, 4.69) is 5.32 Å². The number of hydrogen-bond donors (Lipinski definition) is 3. The van der Waals surface area contributed by atoms with Gasteiger partial charge < -0.3 is 20.8 Å². The molecule has 0 aromatic carbocycles. The lowest BCUT2D eigenvalue weighted by molar-refractivity contribution is 0.0489. The summed E-state index contributed by atoms with van der Waals surface area (Å²) < 4.78 is 5.33. The van der Waals surface area contributed by atoms with Gasteiger partial charge in [-0.05, 0) is 38.8 Å². The summed E-state index contributed by atoms with van der Waals surface area (Å²) in [6.45, 7) is 3.72. The number of ether oxygens (including phenoxy) is 1. The molecule has 0 aromatic rings. The molecule has 0 atom stereocenters. The molecule has 0 aliphatic carbocycles. The molecular weight excluding hydrogens is 216 g/mol. The summed E-state index contributed by atoms with van der Waals surface area (Å²) in [5, 5.41) is 5.13. The minimum Gasteiger partial charge on any atom is -0.401 e. The lowest BCUT2D eigenvalue weighted by Crippen LogP contribution is -2.41. The molecule has 17 heavy (non-hydrogen) atoms. The van der Waals surface area contributed by atoms with E-state index in [1.165, 1.54) is 0 Å². The van der Waals surface area contributed by atoms with Crippen LogP contribution in [0.3, 0.4) is 0 Å². The molecule has 2 heterocycles. The quantitative estimate of drug-likeness (QED) is 0.483. The van der Waals surface area contributed by atoms with Crippen LogP contribution in [0.4, 0.5) is 0 Å². The van der Waals surface area contributed by atoms with E-state index in [9.17, 15) is 0 Å². The fourth-order valence-corrected chi connectivity index (χ4v) is 2.52. The second-order valence-electron chi connectivity index (χ2n) is 4.94. The Hall–Kier alpha value is -0.780. The number of piperidine rings is 1. The highest BCUT2D eigenvalue weighted by molar-refractivity contribution is 5.03. The molecule has 2 rings (SSSR count). The molecule has 2 aliphatic heterocycles. The molecule has 0 unspecified atom stereocenters. The Balaban J connectivity index is 1.87. The van der Waals surface area contributed by atoms with E-state index in [0.717, 1.165) is 57.7 Å². The highest BCUT2D eigenvalue weighted by Gasteiger charge is 2.20. The van der Waals surface area contributed by atoms with Crippen molar-refractivity contribution in [1.29, 1.82) is 0 Å². The molecule has 0 bridgehead atoms. The van der Waals surface area contributed by atoms with E-state index < -0.39 is 0 Å². The Morgan fingerprint density at radius 3 is 2.47 bits per heavy atom. The van der Waals surface area contributed by atoms with Crippen molar-refractivity contribution in [3.05, 3.63) is 11.9 Å². The van der Waals surface area contributed by atoms with Crippen LogP contribution in [0.2, 0.25) is 0 Å². The Morgan fingerprint density at radius 1 is 1.18 bits per heavy atom. The Morgan fingerprint density at radius 2 is 1.82 bits per heavy atom. The third kappa shape index (κ3) is 3.59. The number of nitrogens with one attached hydrogen (secondary N) is 1. The lowest BCUT2D eigenvalue weighted by atomic mass is 9.95. The van der Waals surface area contributed by atoms with Crippen molar-refractivity contribution >= 4 is 0 Å². The van der Waals surface area contributed by atoms with Crippen LogP contribution in [-0.4, -0.2) is 37.4 Å². The van der Waals surface area contributed by atoms with E-state index in [4.69, 9.17) is 16.3 Å². The van der Waals surface area contributed by atoms with Gasteiger partial charge in [0.05, 0.1) is 0 Å². The van der Waals surface area contributed by atoms with Gasteiger partial charge in [-0.15, -0.1) is 0 Å². The monoisotopic (exact) mass is 240 g/mol. The lowest BCUT2D eigenvalue weighted by Gasteiger charge is -2.31. The average molecular weight is 240 g/mol. The van der Waals surface area contributed by atoms with Crippen molar-refractivity contribution in [2.24, 2.45) is 17.5 Å². The molecule has 0 spiro atoms. The van der Waals surface area contributed by atoms with Crippen LogP contribution < -0.4 is 16.9 Å². The predicted molar refractivity (Wildman–Crippen MR) is 67.7 cm³/mol. The molecule has 0 saturated carbocycles. The van der Waals surface area contributed by atoms with Gasteiger partial charge in [-0.25, -0.2) is 5.84 Å². The van der Waals surface area contributed by atoms with Gasteiger partial charge in [0.15, 0.2) is 0 Å². The van der Waals surface area contributed by atoms with Crippen LogP contribution in [0.5, 0.6) is 0 Å². The zero-order valence-electron chi connectivity index (χ0n) is 10.4. The number of allylic oxidation sites excluding steroid dienone is 1. The van der Waals surface area contributed by atoms with Gasteiger partial charge in [0.25, 0.3) is 0 Å². The summed E-state index contributed by atoms with van der Waals surface area (Å²) in [5.41, 5.74) is 7.07. The predicted octanol–water partition coefficient (Wildman–Crippen LogP) is 0.141. The van der Waals surface area contributed by atoms with Crippen molar-refractivity contribution in [2.75, 3.05) is 26.3 Å².